The van der Waals surface area contributed by atoms with E-state index in [-0.39, 0.29) is 0 Å². The summed E-state index contributed by atoms with van der Waals surface area (Å²) >= 11 is 0. The van der Waals surface area contributed by atoms with Gasteiger partial charge in [-0.15, -0.1) is 0 Å². The Labute approximate surface area is 121 Å². The number of hydrogen-bond acceptors (Lipinski definition) is 3. The van der Waals surface area contributed by atoms with Gasteiger partial charge in [0.25, 0.3) is 0 Å². The highest BCUT2D eigenvalue weighted by Crippen LogP contribution is 2.24. The highest BCUT2D eigenvalue weighted by Gasteiger charge is 2.02. The first kappa shape index (κ1) is 16.8. The minimum atomic E-state index is -2.62. The summed E-state index contributed by atoms with van der Waals surface area (Å²) in [5, 5.41) is 0. The van der Waals surface area contributed by atoms with E-state index in [1.807, 2.05) is 0 Å². The number of unbranched alkanes of at least 4 members (excludes halogenated alkanes) is 1. The molecule has 0 aliphatic rings. The van der Waals surface area contributed by atoms with Gasteiger partial charge in [-0.3, -0.25) is 0 Å². The number of aryl methyl sites for hydroxylation is 1. The SMILES string of the molecule is CCCCc1ccccc1-c1ccccc1.OP(O)O. The van der Waals surface area contributed by atoms with E-state index in [0.29, 0.717) is 0 Å². The molecule has 2 rings (SSSR count). The number of benzene rings is 2. The second-order valence-corrected chi connectivity index (χ2v) is 4.93. The fourth-order valence-corrected chi connectivity index (χ4v) is 2.00. The topological polar surface area (TPSA) is 60.7 Å². The van der Waals surface area contributed by atoms with Gasteiger partial charge in [-0.2, -0.15) is 0 Å². The summed E-state index contributed by atoms with van der Waals surface area (Å²) in [5.74, 6) is 0. The molecule has 20 heavy (non-hydrogen) atoms. The molecule has 0 aromatic heterocycles. The van der Waals surface area contributed by atoms with Gasteiger partial charge in [-0.1, -0.05) is 67.9 Å². The Morgan fingerprint density at radius 2 is 1.40 bits per heavy atom. The van der Waals surface area contributed by atoms with Crippen LogP contribution in [0.2, 0.25) is 0 Å². The molecule has 0 amide bonds. The van der Waals surface area contributed by atoms with Gasteiger partial charge in [0.05, 0.1) is 0 Å². The van der Waals surface area contributed by atoms with Crippen LogP contribution in [0.15, 0.2) is 54.6 Å². The molecule has 0 aliphatic heterocycles. The molecule has 0 spiro atoms. The van der Waals surface area contributed by atoms with E-state index in [0.717, 1.165) is 0 Å². The van der Waals surface area contributed by atoms with Crippen LogP contribution in [0.5, 0.6) is 0 Å². The molecular weight excluding hydrogens is 271 g/mol. The summed E-state index contributed by atoms with van der Waals surface area (Å²) < 4.78 is 0. The van der Waals surface area contributed by atoms with E-state index < -0.39 is 8.60 Å². The molecule has 2 aromatic rings. The van der Waals surface area contributed by atoms with Gasteiger partial charge in [-0.25, -0.2) is 0 Å². The lowest BCUT2D eigenvalue weighted by molar-refractivity contribution is 0.368. The van der Waals surface area contributed by atoms with Crippen molar-refractivity contribution in [2.75, 3.05) is 0 Å². The minimum absolute atomic E-state index is 1.18. The van der Waals surface area contributed by atoms with E-state index in [2.05, 4.69) is 61.5 Å². The predicted octanol–water partition coefficient (Wildman–Crippen LogP) is 3.89. The molecule has 3 nitrogen and oxygen atoms in total. The van der Waals surface area contributed by atoms with Gasteiger partial charge >= 0.3 is 8.60 Å². The van der Waals surface area contributed by atoms with Gasteiger partial charge in [-0.05, 0) is 29.5 Å². The molecule has 3 N–H and O–H groups in total. The average molecular weight is 292 g/mol. The maximum Gasteiger partial charge on any atom is 0.324 e. The van der Waals surface area contributed by atoms with Crippen molar-refractivity contribution >= 4 is 8.60 Å². The highest BCUT2D eigenvalue weighted by molar-refractivity contribution is 7.38. The third-order valence-electron chi connectivity index (χ3n) is 2.90. The second-order valence-electron chi connectivity index (χ2n) is 4.40. The van der Waals surface area contributed by atoms with Crippen LogP contribution in [0.1, 0.15) is 25.3 Å². The third kappa shape index (κ3) is 6.27. The Hall–Kier alpha value is -1.25. The van der Waals surface area contributed by atoms with Gasteiger partial charge in [0, 0.05) is 0 Å². The molecule has 0 radical (unpaired) electrons. The first-order valence-electron chi connectivity index (χ1n) is 6.65. The number of hydrogen-bond donors (Lipinski definition) is 3. The van der Waals surface area contributed by atoms with Crippen molar-refractivity contribution in [3.63, 3.8) is 0 Å². The Balaban J connectivity index is 0.000000444. The van der Waals surface area contributed by atoms with Crippen molar-refractivity contribution in [2.45, 2.75) is 26.2 Å². The maximum absolute atomic E-state index is 7.23. The van der Waals surface area contributed by atoms with Crippen LogP contribution in [0.3, 0.4) is 0 Å². The van der Waals surface area contributed by atoms with Crippen molar-refractivity contribution in [1.82, 2.24) is 0 Å². The van der Waals surface area contributed by atoms with Crippen LogP contribution in [0, 0.1) is 0 Å². The lowest BCUT2D eigenvalue weighted by Crippen LogP contribution is -1.89. The molecule has 0 atom stereocenters. The van der Waals surface area contributed by atoms with Crippen LogP contribution in [0.25, 0.3) is 11.1 Å². The average Bonchev–Trinajstić information content (AvgIpc) is 2.46. The lowest BCUT2D eigenvalue weighted by atomic mass is 9.96. The summed E-state index contributed by atoms with van der Waals surface area (Å²) in [6.07, 6.45) is 3.70. The normalized spacial score (nSPS) is 10.1. The van der Waals surface area contributed by atoms with Gasteiger partial charge in [0.2, 0.25) is 0 Å². The molecule has 0 unspecified atom stereocenters. The summed E-state index contributed by atoms with van der Waals surface area (Å²) in [6.45, 7) is 2.24. The Morgan fingerprint density at radius 3 is 2.00 bits per heavy atom. The number of rotatable bonds is 4. The van der Waals surface area contributed by atoms with Crippen LogP contribution in [-0.2, 0) is 6.42 Å². The van der Waals surface area contributed by atoms with Crippen molar-refractivity contribution in [3.05, 3.63) is 60.2 Å². The molecule has 0 fully saturated rings. The van der Waals surface area contributed by atoms with E-state index in [9.17, 15) is 0 Å². The smallest absolute Gasteiger partial charge is 0.324 e. The molecule has 0 bridgehead atoms. The van der Waals surface area contributed by atoms with Crippen molar-refractivity contribution in [2.24, 2.45) is 0 Å². The van der Waals surface area contributed by atoms with Crippen LogP contribution < -0.4 is 0 Å². The van der Waals surface area contributed by atoms with Gasteiger partial charge < -0.3 is 14.7 Å². The zero-order valence-electron chi connectivity index (χ0n) is 11.6. The van der Waals surface area contributed by atoms with Crippen LogP contribution >= 0.6 is 8.60 Å². The van der Waals surface area contributed by atoms with E-state index in [1.54, 1.807) is 0 Å². The monoisotopic (exact) mass is 292 g/mol. The zero-order chi connectivity index (χ0) is 14.8. The quantitative estimate of drug-likeness (QED) is 0.749. The first-order chi connectivity index (χ1) is 9.65. The lowest BCUT2D eigenvalue weighted by Gasteiger charge is -2.08. The standard InChI is InChI=1S/C16H18.H3O3P/c1-2-3-9-14-12-7-8-13-16(14)15-10-5-4-6-11-15;1-4(2)3/h4-8,10-13H,2-3,9H2,1H3;1-3H. The van der Waals surface area contributed by atoms with Crippen molar-refractivity contribution < 1.29 is 14.7 Å². The Kier molecular flexibility index (Phi) is 8.08. The Bertz CT molecular complexity index is 483. The van der Waals surface area contributed by atoms with E-state index in [1.165, 1.54) is 36.0 Å². The predicted molar refractivity (Wildman–Crippen MR) is 84.1 cm³/mol. The molecule has 2 aromatic carbocycles. The minimum Gasteiger partial charge on any atom is -0.328 e. The molecule has 0 saturated carbocycles. The molecule has 4 heteroatoms. The first-order valence-corrected chi connectivity index (χ1v) is 7.85. The fourth-order valence-electron chi connectivity index (χ4n) is 2.00. The van der Waals surface area contributed by atoms with Gasteiger partial charge in [0.15, 0.2) is 0 Å². The summed E-state index contributed by atoms with van der Waals surface area (Å²) in [4.78, 5) is 21.7. The van der Waals surface area contributed by atoms with E-state index >= 15 is 0 Å². The third-order valence-corrected chi connectivity index (χ3v) is 2.90. The summed E-state index contributed by atoms with van der Waals surface area (Å²) in [5.41, 5.74) is 4.18. The zero-order valence-corrected chi connectivity index (χ0v) is 12.5. The highest BCUT2D eigenvalue weighted by atomic mass is 31.2. The molecule has 0 heterocycles. The van der Waals surface area contributed by atoms with Crippen LogP contribution in [0.4, 0.5) is 0 Å². The van der Waals surface area contributed by atoms with Crippen molar-refractivity contribution in [1.29, 1.82) is 0 Å². The maximum atomic E-state index is 7.23. The summed E-state index contributed by atoms with van der Waals surface area (Å²) in [6, 6.07) is 19.4. The molecule has 0 aliphatic carbocycles. The summed E-state index contributed by atoms with van der Waals surface area (Å²) in [7, 11) is -2.62. The van der Waals surface area contributed by atoms with Gasteiger partial charge in [0.1, 0.15) is 0 Å². The molecular formula is C16H21O3P. The second kappa shape index (κ2) is 9.62. The van der Waals surface area contributed by atoms with Crippen molar-refractivity contribution in [3.8, 4) is 11.1 Å². The molecule has 108 valence electrons. The fraction of sp³-hybridized carbons (Fsp3) is 0.250. The van der Waals surface area contributed by atoms with E-state index in [4.69, 9.17) is 14.7 Å². The Morgan fingerprint density at radius 1 is 0.850 bits per heavy atom. The molecule has 0 saturated heterocycles. The van der Waals surface area contributed by atoms with Crippen LogP contribution in [-0.4, -0.2) is 14.7 Å². The largest absolute Gasteiger partial charge is 0.328 e.